The van der Waals surface area contributed by atoms with Crippen LogP contribution >= 0.6 is 0 Å². The highest BCUT2D eigenvalue weighted by Gasteiger charge is 2.03. The summed E-state index contributed by atoms with van der Waals surface area (Å²) in [5.74, 6) is 0.869. The highest BCUT2D eigenvalue weighted by atomic mass is 16.5. The van der Waals surface area contributed by atoms with Crippen LogP contribution in [0.15, 0.2) is 48.5 Å². The molecule has 0 heterocycles. The van der Waals surface area contributed by atoms with Gasteiger partial charge in [-0.15, -0.1) is 0 Å². The third-order valence-electron chi connectivity index (χ3n) is 2.91. The van der Waals surface area contributed by atoms with E-state index in [-0.39, 0.29) is 12.4 Å². The van der Waals surface area contributed by atoms with Crippen LogP contribution in [0.2, 0.25) is 0 Å². The standard InChI is InChI=1S/C16H18O3/c17-10-4-7-14-8-9-15(11-16(14)18)19-12-13-5-2-1-3-6-13/h1-3,5-6,8-9,11,17-18H,4,7,10,12H2. The van der Waals surface area contributed by atoms with Crippen LogP contribution in [-0.2, 0) is 13.0 Å². The van der Waals surface area contributed by atoms with E-state index < -0.39 is 0 Å². The maximum absolute atomic E-state index is 9.85. The first-order chi connectivity index (χ1) is 9.29. The fourth-order valence-electron chi connectivity index (χ4n) is 1.86. The lowest BCUT2D eigenvalue weighted by atomic mass is 10.1. The number of benzene rings is 2. The lowest BCUT2D eigenvalue weighted by Crippen LogP contribution is -1.96. The van der Waals surface area contributed by atoms with Crippen LogP contribution in [0.25, 0.3) is 0 Å². The average molecular weight is 258 g/mol. The highest BCUT2D eigenvalue weighted by Crippen LogP contribution is 2.25. The van der Waals surface area contributed by atoms with Crippen molar-refractivity contribution in [2.45, 2.75) is 19.4 Å². The topological polar surface area (TPSA) is 49.7 Å². The SMILES string of the molecule is OCCCc1ccc(OCc2ccccc2)cc1O. The fraction of sp³-hybridized carbons (Fsp3) is 0.250. The maximum Gasteiger partial charge on any atom is 0.123 e. The molecule has 0 aromatic heterocycles. The molecule has 0 saturated carbocycles. The number of aromatic hydroxyl groups is 1. The van der Waals surface area contributed by atoms with Gasteiger partial charge in [0.15, 0.2) is 0 Å². The second-order valence-electron chi connectivity index (χ2n) is 4.39. The molecule has 2 aromatic carbocycles. The molecule has 3 heteroatoms. The third kappa shape index (κ3) is 4.00. The minimum Gasteiger partial charge on any atom is -0.508 e. The van der Waals surface area contributed by atoms with Crippen molar-refractivity contribution in [1.82, 2.24) is 0 Å². The summed E-state index contributed by atoms with van der Waals surface area (Å²) in [6, 6.07) is 15.2. The lowest BCUT2D eigenvalue weighted by molar-refractivity contribution is 0.287. The van der Waals surface area contributed by atoms with E-state index in [1.54, 1.807) is 6.07 Å². The summed E-state index contributed by atoms with van der Waals surface area (Å²) in [6.07, 6.45) is 1.32. The van der Waals surface area contributed by atoms with Gasteiger partial charge in [-0.1, -0.05) is 36.4 Å². The summed E-state index contributed by atoms with van der Waals surface area (Å²) >= 11 is 0. The van der Waals surface area contributed by atoms with Gasteiger partial charge in [-0.25, -0.2) is 0 Å². The molecule has 0 saturated heterocycles. The van der Waals surface area contributed by atoms with Gasteiger partial charge in [0.25, 0.3) is 0 Å². The van der Waals surface area contributed by atoms with Gasteiger partial charge in [0, 0.05) is 12.7 Å². The van der Waals surface area contributed by atoms with Gasteiger partial charge in [-0.05, 0) is 30.0 Å². The first kappa shape index (κ1) is 13.4. The molecule has 100 valence electrons. The van der Waals surface area contributed by atoms with Crippen molar-refractivity contribution in [2.24, 2.45) is 0 Å². The Morgan fingerprint density at radius 3 is 2.47 bits per heavy atom. The zero-order chi connectivity index (χ0) is 13.5. The summed E-state index contributed by atoms with van der Waals surface area (Å²) in [5.41, 5.74) is 1.92. The van der Waals surface area contributed by atoms with E-state index >= 15 is 0 Å². The van der Waals surface area contributed by atoms with E-state index in [4.69, 9.17) is 9.84 Å². The minimum atomic E-state index is 0.131. The van der Waals surface area contributed by atoms with Gasteiger partial charge in [-0.3, -0.25) is 0 Å². The Balaban J connectivity index is 1.96. The second kappa shape index (κ2) is 6.81. The van der Waals surface area contributed by atoms with Crippen LogP contribution in [-0.4, -0.2) is 16.8 Å². The quantitative estimate of drug-likeness (QED) is 0.837. The molecule has 2 N–H and O–H groups in total. The summed E-state index contributed by atoms with van der Waals surface area (Å²) in [7, 11) is 0. The van der Waals surface area contributed by atoms with Gasteiger partial charge < -0.3 is 14.9 Å². The molecule has 2 aromatic rings. The normalized spacial score (nSPS) is 10.4. The van der Waals surface area contributed by atoms with Crippen LogP contribution in [0.5, 0.6) is 11.5 Å². The lowest BCUT2D eigenvalue weighted by Gasteiger charge is -2.09. The Morgan fingerprint density at radius 2 is 1.79 bits per heavy atom. The Kier molecular flexibility index (Phi) is 4.81. The largest absolute Gasteiger partial charge is 0.508 e. The van der Waals surface area contributed by atoms with E-state index in [9.17, 15) is 5.11 Å². The molecule has 0 radical (unpaired) electrons. The molecule has 0 aliphatic heterocycles. The van der Waals surface area contributed by atoms with Gasteiger partial charge in [0.2, 0.25) is 0 Å². The molecule has 0 atom stereocenters. The van der Waals surface area contributed by atoms with Crippen molar-refractivity contribution < 1.29 is 14.9 Å². The monoisotopic (exact) mass is 258 g/mol. The molecule has 3 nitrogen and oxygen atoms in total. The van der Waals surface area contributed by atoms with Crippen molar-refractivity contribution in [3.05, 3.63) is 59.7 Å². The Labute approximate surface area is 113 Å². The van der Waals surface area contributed by atoms with E-state index in [0.29, 0.717) is 25.2 Å². The molecular formula is C16H18O3. The molecule has 0 spiro atoms. The first-order valence-electron chi connectivity index (χ1n) is 6.39. The number of ether oxygens (including phenoxy) is 1. The predicted molar refractivity (Wildman–Crippen MR) is 74.3 cm³/mol. The highest BCUT2D eigenvalue weighted by molar-refractivity contribution is 5.39. The van der Waals surface area contributed by atoms with Crippen LogP contribution in [0.3, 0.4) is 0 Å². The molecule has 0 bridgehead atoms. The number of phenolic OH excluding ortho intramolecular Hbond substituents is 1. The average Bonchev–Trinajstić information content (AvgIpc) is 2.45. The summed E-state index contributed by atoms with van der Waals surface area (Å²) in [4.78, 5) is 0. The van der Waals surface area contributed by atoms with Crippen molar-refractivity contribution >= 4 is 0 Å². The number of hydrogen-bond donors (Lipinski definition) is 2. The molecular weight excluding hydrogens is 240 g/mol. The third-order valence-corrected chi connectivity index (χ3v) is 2.91. The Bertz CT molecular complexity index is 509. The molecule has 0 aliphatic rings. The van der Waals surface area contributed by atoms with E-state index in [1.807, 2.05) is 42.5 Å². The number of aliphatic hydroxyl groups is 1. The van der Waals surface area contributed by atoms with Gasteiger partial charge in [0.1, 0.15) is 18.1 Å². The van der Waals surface area contributed by atoms with Crippen molar-refractivity contribution in [1.29, 1.82) is 0 Å². The van der Waals surface area contributed by atoms with Crippen LogP contribution in [0.1, 0.15) is 17.5 Å². The zero-order valence-corrected chi connectivity index (χ0v) is 10.7. The molecule has 0 amide bonds. The van der Waals surface area contributed by atoms with Crippen molar-refractivity contribution in [2.75, 3.05) is 6.61 Å². The molecule has 19 heavy (non-hydrogen) atoms. The van der Waals surface area contributed by atoms with E-state index in [1.165, 1.54) is 0 Å². The Hall–Kier alpha value is -2.00. The molecule has 0 fully saturated rings. The zero-order valence-electron chi connectivity index (χ0n) is 10.7. The molecule has 0 aliphatic carbocycles. The van der Waals surface area contributed by atoms with Crippen molar-refractivity contribution in [3.8, 4) is 11.5 Å². The summed E-state index contributed by atoms with van der Waals surface area (Å²) in [5, 5.41) is 18.6. The Morgan fingerprint density at radius 1 is 1.00 bits per heavy atom. The fourth-order valence-corrected chi connectivity index (χ4v) is 1.86. The number of hydrogen-bond acceptors (Lipinski definition) is 3. The van der Waals surface area contributed by atoms with Crippen LogP contribution in [0, 0.1) is 0 Å². The second-order valence-corrected chi connectivity index (χ2v) is 4.39. The van der Waals surface area contributed by atoms with Crippen LogP contribution in [0.4, 0.5) is 0 Å². The van der Waals surface area contributed by atoms with Gasteiger partial charge in [-0.2, -0.15) is 0 Å². The number of rotatable bonds is 6. The van der Waals surface area contributed by atoms with Gasteiger partial charge >= 0.3 is 0 Å². The predicted octanol–water partition coefficient (Wildman–Crippen LogP) is 2.90. The van der Waals surface area contributed by atoms with Gasteiger partial charge in [0.05, 0.1) is 0 Å². The molecule has 0 unspecified atom stereocenters. The van der Waals surface area contributed by atoms with E-state index in [0.717, 1.165) is 11.1 Å². The maximum atomic E-state index is 9.85. The number of aryl methyl sites for hydroxylation is 1. The number of aliphatic hydroxyl groups excluding tert-OH is 1. The first-order valence-corrected chi connectivity index (χ1v) is 6.39. The smallest absolute Gasteiger partial charge is 0.123 e. The van der Waals surface area contributed by atoms with Crippen LogP contribution < -0.4 is 4.74 Å². The number of phenols is 1. The minimum absolute atomic E-state index is 0.131. The summed E-state index contributed by atoms with van der Waals surface area (Å²) in [6.45, 7) is 0.613. The summed E-state index contributed by atoms with van der Waals surface area (Å²) < 4.78 is 5.62. The van der Waals surface area contributed by atoms with Crippen molar-refractivity contribution in [3.63, 3.8) is 0 Å². The van der Waals surface area contributed by atoms with E-state index in [2.05, 4.69) is 0 Å². The molecule has 2 rings (SSSR count).